The van der Waals surface area contributed by atoms with Crippen LogP contribution in [0.5, 0.6) is 0 Å². The number of aryl methyl sites for hydroxylation is 1. The maximum absolute atomic E-state index is 13.2. The molecule has 110 valence electrons. The first-order valence-electron chi connectivity index (χ1n) is 6.11. The van der Waals surface area contributed by atoms with Crippen LogP contribution in [0.25, 0.3) is 0 Å². The maximum atomic E-state index is 13.2. The summed E-state index contributed by atoms with van der Waals surface area (Å²) < 4.78 is 40.4. The number of carbonyl (C=O) groups is 1. The number of amides is 1. The number of benzene rings is 1. The van der Waals surface area contributed by atoms with E-state index in [0.29, 0.717) is 5.69 Å². The Labute approximate surface area is 123 Å². The Morgan fingerprint density at radius 3 is 2.65 bits per heavy atom. The van der Waals surface area contributed by atoms with Crippen molar-refractivity contribution >= 4 is 27.5 Å². The SMILES string of the molecule is Cc1cc(NC(=O)C2(C(F)(F)F)CCNC2)ccc1Br. The lowest BCUT2D eigenvalue weighted by Gasteiger charge is -2.29. The molecule has 1 aromatic rings. The average molecular weight is 351 g/mol. The molecule has 1 saturated heterocycles. The molecule has 0 aliphatic carbocycles. The van der Waals surface area contributed by atoms with E-state index < -0.39 is 17.5 Å². The Hall–Kier alpha value is -1.08. The summed E-state index contributed by atoms with van der Waals surface area (Å²) in [5.74, 6) is -1.00. The number of hydrogen-bond donors (Lipinski definition) is 2. The summed E-state index contributed by atoms with van der Waals surface area (Å²) in [6.45, 7) is 1.61. The van der Waals surface area contributed by atoms with E-state index in [-0.39, 0.29) is 19.5 Å². The third-order valence-electron chi connectivity index (χ3n) is 3.55. The molecule has 2 rings (SSSR count). The molecular weight excluding hydrogens is 337 g/mol. The number of nitrogens with one attached hydrogen (secondary N) is 2. The fraction of sp³-hybridized carbons (Fsp3) is 0.462. The topological polar surface area (TPSA) is 41.1 Å². The molecule has 0 spiro atoms. The molecule has 1 unspecified atom stereocenters. The van der Waals surface area contributed by atoms with Gasteiger partial charge in [-0.3, -0.25) is 4.79 Å². The summed E-state index contributed by atoms with van der Waals surface area (Å²) in [4.78, 5) is 12.1. The summed E-state index contributed by atoms with van der Waals surface area (Å²) in [7, 11) is 0. The Morgan fingerprint density at radius 2 is 2.15 bits per heavy atom. The predicted molar refractivity (Wildman–Crippen MR) is 73.5 cm³/mol. The summed E-state index contributed by atoms with van der Waals surface area (Å²) in [5, 5.41) is 5.00. The van der Waals surface area contributed by atoms with Crippen molar-refractivity contribution in [3.63, 3.8) is 0 Å². The van der Waals surface area contributed by atoms with Crippen molar-refractivity contribution in [3.05, 3.63) is 28.2 Å². The number of rotatable bonds is 2. The third-order valence-corrected chi connectivity index (χ3v) is 4.44. The van der Waals surface area contributed by atoms with Crippen LogP contribution in [0.2, 0.25) is 0 Å². The highest BCUT2D eigenvalue weighted by Crippen LogP contribution is 2.43. The second-order valence-electron chi connectivity index (χ2n) is 4.92. The van der Waals surface area contributed by atoms with E-state index in [2.05, 4.69) is 26.6 Å². The molecular formula is C13H14BrF3N2O. The molecule has 1 amide bonds. The highest BCUT2D eigenvalue weighted by molar-refractivity contribution is 9.10. The Bertz CT molecular complexity index is 525. The van der Waals surface area contributed by atoms with Gasteiger partial charge in [0, 0.05) is 16.7 Å². The zero-order chi connectivity index (χ0) is 15.0. The minimum atomic E-state index is -4.56. The van der Waals surface area contributed by atoms with E-state index in [4.69, 9.17) is 0 Å². The molecule has 0 saturated carbocycles. The van der Waals surface area contributed by atoms with Crippen molar-refractivity contribution in [2.75, 3.05) is 18.4 Å². The molecule has 1 aromatic carbocycles. The number of anilines is 1. The summed E-state index contributed by atoms with van der Waals surface area (Å²) in [6, 6.07) is 4.90. The van der Waals surface area contributed by atoms with Gasteiger partial charge in [-0.15, -0.1) is 0 Å². The molecule has 0 bridgehead atoms. The van der Waals surface area contributed by atoms with Gasteiger partial charge >= 0.3 is 6.18 Å². The Kier molecular flexibility index (Phi) is 4.11. The zero-order valence-electron chi connectivity index (χ0n) is 10.8. The van der Waals surface area contributed by atoms with Gasteiger partial charge in [0.25, 0.3) is 0 Å². The van der Waals surface area contributed by atoms with Crippen LogP contribution >= 0.6 is 15.9 Å². The van der Waals surface area contributed by atoms with Gasteiger partial charge in [0.05, 0.1) is 0 Å². The van der Waals surface area contributed by atoms with Crippen LogP contribution < -0.4 is 10.6 Å². The fourth-order valence-electron chi connectivity index (χ4n) is 2.23. The van der Waals surface area contributed by atoms with Gasteiger partial charge < -0.3 is 10.6 Å². The van der Waals surface area contributed by atoms with E-state index >= 15 is 0 Å². The van der Waals surface area contributed by atoms with E-state index in [1.807, 2.05) is 0 Å². The van der Waals surface area contributed by atoms with Gasteiger partial charge in [0.1, 0.15) is 0 Å². The first-order chi connectivity index (χ1) is 9.26. The van der Waals surface area contributed by atoms with Gasteiger partial charge in [-0.25, -0.2) is 0 Å². The average Bonchev–Trinajstić information content (AvgIpc) is 2.84. The van der Waals surface area contributed by atoms with Crippen LogP contribution in [0.1, 0.15) is 12.0 Å². The second-order valence-corrected chi connectivity index (χ2v) is 5.78. The molecule has 2 N–H and O–H groups in total. The van der Waals surface area contributed by atoms with E-state index in [1.165, 1.54) is 0 Å². The first-order valence-corrected chi connectivity index (χ1v) is 6.91. The number of carbonyl (C=O) groups excluding carboxylic acids is 1. The van der Waals surface area contributed by atoms with Crippen molar-refractivity contribution in [1.29, 1.82) is 0 Å². The van der Waals surface area contributed by atoms with Gasteiger partial charge in [-0.2, -0.15) is 13.2 Å². The Morgan fingerprint density at radius 1 is 1.45 bits per heavy atom. The lowest BCUT2D eigenvalue weighted by molar-refractivity contribution is -0.213. The van der Waals surface area contributed by atoms with Crippen LogP contribution in [0.4, 0.5) is 18.9 Å². The zero-order valence-corrected chi connectivity index (χ0v) is 12.4. The molecule has 0 aromatic heterocycles. The van der Waals surface area contributed by atoms with Crippen molar-refractivity contribution in [1.82, 2.24) is 5.32 Å². The van der Waals surface area contributed by atoms with Crippen LogP contribution in [-0.2, 0) is 4.79 Å². The highest BCUT2D eigenvalue weighted by Gasteiger charge is 2.61. The lowest BCUT2D eigenvalue weighted by atomic mass is 9.85. The van der Waals surface area contributed by atoms with Crippen molar-refractivity contribution in [2.45, 2.75) is 19.5 Å². The van der Waals surface area contributed by atoms with Gasteiger partial charge in [-0.1, -0.05) is 15.9 Å². The van der Waals surface area contributed by atoms with Crippen LogP contribution in [0, 0.1) is 12.3 Å². The summed E-state index contributed by atoms with van der Waals surface area (Å²) in [6.07, 6.45) is -4.80. The van der Waals surface area contributed by atoms with E-state index in [1.54, 1.807) is 25.1 Å². The fourth-order valence-corrected chi connectivity index (χ4v) is 2.48. The lowest BCUT2D eigenvalue weighted by Crippen LogP contribution is -2.49. The van der Waals surface area contributed by atoms with Crippen molar-refractivity contribution in [2.24, 2.45) is 5.41 Å². The van der Waals surface area contributed by atoms with Gasteiger partial charge in [0.15, 0.2) is 5.41 Å². The van der Waals surface area contributed by atoms with Gasteiger partial charge in [0.2, 0.25) is 5.91 Å². The molecule has 3 nitrogen and oxygen atoms in total. The largest absolute Gasteiger partial charge is 0.404 e. The molecule has 20 heavy (non-hydrogen) atoms. The predicted octanol–water partition coefficient (Wildman–Crippen LogP) is 3.24. The molecule has 1 atom stereocenters. The smallest absolute Gasteiger partial charge is 0.325 e. The number of alkyl halides is 3. The highest BCUT2D eigenvalue weighted by atomic mass is 79.9. The number of hydrogen-bond acceptors (Lipinski definition) is 2. The number of halogens is 4. The molecule has 1 fully saturated rings. The third kappa shape index (κ3) is 2.69. The minimum Gasteiger partial charge on any atom is -0.325 e. The molecule has 1 aliphatic heterocycles. The van der Waals surface area contributed by atoms with Crippen molar-refractivity contribution in [3.8, 4) is 0 Å². The van der Waals surface area contributed by atoms with E-state index in [0.717, 1.165) is 10.0 Å². The maximum Gasteiger partial charge on any atom is 0.404 e. The molecule has 1 heterocycles. The molecule has 1 aliphatic rings. The van der Waals surface area contributed by atoms with Gasteiger partial charge in [-0.05, 0) is 43.7 Å². The summed E-state index contributed by atoms with van der Waals surface area (Å²) in [5.41, 5.74) is -1.13. The van der Waals surface area contributed by atoms with Crippen LogP contribution in [-0.4, -0.2) is 25.2 Å². The quantitative estimate of drug-likeness (QED) is 0.859. The molecule has 7 heteroatoms. The van der Waals surface area contributed by atoms with Crippen molar-refractivity contribution < 1.29 is 18.0 Å². The summed E-state index contributed by atoms with van der Waals surface area (Å²) >= 11 is 3.30. The second kappa shape index (κ2) is 5.37. The minimum absolute atomic E-state index is 0.187. The standard InChI is InChI=1S/C13H14BrF3N2O/c1-8-6-9(2-3-10(8)14)19-11(20)12(13(15,16)17)4-5-18-7-12/h2-3,6,18H,4-5,7H2,1H3,(H,19,20). The monoisotopic (exact) mass is 350 g/mol. The normalized spacial score (nSPS) is 22.9. The molecule has 0 radical (unpaired) electrons. The first kappa shape index (κ1) is 15.3. The van der Waals surface area contributed by atoms with Crippen LogP contribution in [0.15, 0.2) is 22.7 Å². The Balaban J connectivity index is 2.23. The van der Waals surface area contributed by atoms with Crippen LogP contribution in [0.3, 0.4) is 0 Å². The van der Waals surface area contributed by atoms with E-state index in [9.17, 15) is 18.0 Å².